The molecule has 0 bridgehead atoms. The molecular weight excluding hydrogens is 178 g/mol. The maximum Gasteiger partial charge on any atom is 0.339 e. The lowest BCUT2D eigenvalue weighted by Crippen LogP contribution is -2.34. The Morgan fingerprint density at radius 3 is 2.64 bits per heavy atom. The number of carbonyl (C=O) groups is 1. The molecule has 1 aromatic carbocycles. The van der Waals surface area contributed by atoms with Crippen molar-refractivity contribution in [2.75, 3.05) is 21.1 Å². The van der Waals surface area contributed by atoms with E-state index < -0.39 is 0 Å². The summed E-state index contributed by atoms with van der Waals surface area (Å²) in [5, 5.41) is 0. The fraction of sp³-hybridized carbons (Fsp3) is 0.364. The number of hydrogen-bond donors (Lipinski definition) is 0. The van der Waals surface area contributed by atoms with Crippen LogP contribution < -0.4 is 4.48 Å². The molecule has 1 aliphatic heterocycles. The first kappa shape index (κ1) is 9.21. The molecule has 0 fully saturated rings. The van der Waals surface area contributed by atoms with Crippen molar-refractivity contribution in [3.8, 4) is 0 Å². The molecule has 3 nitrogen and oxygen atoms in total. The van der Waals surface area contributed by atoms with E-state index in [1.54, 1.807) is 0 Å². The van der Waals surface area contributed by atoms with Crippen LogP contribution in [-0.4, -0.2) is 27.1 Å². The third kappa shape index (κ3) is 1.40. The van der Waals surface area contributed by atoms with Gasteiger partial charge in [-0.1, -0.05) is 0 Å². The van der Waals surface area contributed by atoms with Crippen LogP contribution in [0.15, 0.2) is 18.2 Å². The molecule has 74 valence electrons. The molecule has 0 atom stereocenters. The number of rotatable bonds is 1. The van der Waals surface area contributed by atoms with Gasteiger partial charge in [-0.2, -0.15) is 0 Å². The Hall–Kier alpha value is -1.35. The van der Waals surface area contributed by atoms with Crippen LogP contribution in [0.1, 0.15) is 15.9 Å². The molecule has 0 saturated carbocycles. The van der Waals surface area contributed by atoms with E-state index in [2.05, 4.69) is 21.1 Å². The predicted octanol–water partition coefficient (Wildman–Crippen LogP) is 1.55. The fourth-order valence-corrected chi connectivity index (χ4v) is 1.52. The lowest BCUT2D eigenvalue weighted by Gasteiger charge is -2.23. The van der Waals surface area contributed by atoms with Gasteiger partial charge in [0.1, 0.15) is 12.3 Å². The predicted molar refractivity (Wildman–Crippen MR) is 55.1 cm³/mol. The van der Waals surface area contributed by atoms with E-state index >= 15 is 0 Å². The van der Waals surface area contributed by atoms with Crippen molar-refractivity contribution in [3.63, 3.8) is 0 Å². The monoisotopic (exact) mass is 192 g/mol. The lowest BCUT2D eigenvalue weighted by molar-refractivity contribution is 0.0535. The van der Waals surface area contributed by atoms with Gasteiger partial charge in [-0.3, -0.25) is 4.48 Å². The molecular formula is C11H14NO2+. The van der Waals surface area contributed by atoms with Crippen molar-refractivity contribution in [2.24, 2.45) is 0 Å². The Bertz CT molecular complexity index is 391. The summed E-state index contributed by atoms with van der Waals surface area (Å²) >= 11 is 0. The molecule has 3 heteroatoms. The maximum atomic E-state index is 11.3. The molecule has 0 saturated heterocycles. The Labute approximate surface area is 83.5 Å². The summed E-state index contributed by atoms with van der Waals surface area (Å²) in [6, 6.07) is 5.94. The number of ether oxygens (including phenoxy) is 1. The van der Waals surface area contributed by atoms with Crippen molar-refractivity contribution in [1.29, 1.82) is 0 Å². The van der Waals surface area contributed by atoms with Crippen LogP contribution in [0.25, 0.3) is 0 Å². The van der Waals surface area contributed by atoms with Crippen molar-refractivity contribution >= 4 is 11.7 Å². The van der Waals surface area contributed by atoms with Crippen LogP contribution >= 0.6 is 0 Å². The molecule has 2 rings (SSSR count). The van der Waals surface area contributed by atoms with Gasteiger partial charge >= 0.3 is 5.97 Å². The van der Waals surface area contributed by atoms with Gasteiger partial charge in [-0.15, -0.1) is 0 Å². The van der Waals surface area contributed by atoms with E-state index in [1.165, 1.54) is 0 Å². The zero-order valence-corrected chi connectivity index (χ0v) is 8.70. The molecule has 0 aromatic heterocycles. The summed E-state index contributed by atoms with van der Waals surface area (Å²) in [5.41, 5.74) is 2.82. The van der Waals surface area contributed by atoms with Gasteiger partial charge in [0, 0.05) is 11.6 Å². The van der Waals surface area contributed by atoms with Crippen LogP contribution in [0.4, 0.5) is 5.69 Å². The van der Waals surface area contributed by atoms with Crippen LogP contribution in [0.5, 0.6) is 0 Å². The minimum atomic E-state index is -0.199. The smallest absolute Gasteiger partial charge is 0.339 e. The molecule has 0 spiro atoms. The first-order valence-corrected chi connectivity index (χ1v) is 4.60. The Kier molecular flexibility index (Phi) is 1.86. The minimum absolute atomic E-state index is 0.199. The second kappa shape index (κ2) is 2.82. The normalized spacial score (nSPS) is 15.2. The molecule has 1 aromatic rings. The second-order valence-corrected chi connectivity index (χ2v) is 4.43. The summed E-state index contributed by atoms with van der Waals surface area (Å²) in [6.45, 7) is 0.422. The van der Waals surface area contributed by atoms with E-state index in [9.17, 15) is 4.79 Å². The van der Waals surface area contributed by atoms with E-state index in [1.807, 2.05) is 18.2 Å². The first-order valence-electron chi connectivity index (χ1n) is 4.60. The van der Waals surface area contributed by atoms with Crippen molar-refractivity contribution in [3.05, 3.63) is 29.3 Å². The number of nitrogens with zero attached hydrogens (tertiary/aromatic N) is 1. The standard InChI is InChI=1S/C11H14NO2/c1-12(2,3)9-5-4-8-7-14-11(13)10(8)6-9/h4-6H,7H2,1-3H3/q+1. The Morgan fingerprint density at radius 2 is 2.00 bits per heavy atom. The lowest BCUT2D eigenvalue weighted by atomic mass is 10.1. The summed E-state index contributed by atoms with van der Waals surface area (Å²) < 4.78 is 5.65. The van der Waals surface area contributed by atoms with Gasteiger partial charge in [0.15, 0.2) is 0 Å². The number of fused-ring (bicyclic) bond motifs is 1. The molecule has 1 aliphatic rings. The summed E-state index contributed by atoms with van der Waals surface area (Å²) in [5.74, 6) is -0.199. The number of cyclic esters (lactones) is 1. The SMILES string of the molecule is C[N+](C)(C)c1ccc2c(c1)C(=O)OC2. The number of esters is 1. The third-order valence-corrected chi connectivity index (χ3v) is 2.45. The fourth-order valence-electron chi connectivity index (χ4n) is 1.52. The second-order valence-electron chi connectivity index (χ2n) is 4.43. The van der Waals surface area contributed by atoms with Crippen LogP contribution in [-0.2, 0) is 11.3 Å². The van der Waals surface area contributed by atoms with Crippen molar-refractivity contribution < 1.29 is 9.53 Å². The number of quaternary nitrogens is 1. The highest BCUT2D eigenvalue weighted by atomic mass is 16.5. The average Bonchev–Trinajstić information content (AvgIpc) is 2.46. The van der Waals surface area contributed by atoms with Gasteiger partial charge in [0.05, 0.1) is 26.7 Å². The number of hydrogen-bond acceptors (Lipinski definition) is 2. The highest BCUT2D eigenvalue weighted by Gasteiger charge is 2.24. The topological polar surface area (TPSA) is 26.3 Å². The molecule has 0 N–H and O–H groups in total. The number of benzene rings is 1. The molecule has 0 amide bonds. The van der Waals surface area contributed by atoms with Crippen molar-refractivity contribution in [2.45, 2.75) is 6.61 Å². The quantitative estimate of drug-likeness (QED) is 0.498. The van der Waals surface area contributed by atoms with Gasteiger partial charge in [0.25, 0.3) is 0 Å². The average molecular weight is 192 g/mol. The van der Waals surface area contributed by atoms with Gasteiger partial charge in [-0.05, 0) is 12.1 Å². The number of carbonyl (C=O) groups excluding carboxylic acids is 1. The van der Waals surface area contributed by atoms with Crippen LogP contribution in [0.2, 0.25) is 0 Å². The first-order chi connectivity index (χ1) is 6.48. The molecule has 1 heterocycles. The van der Waals surface area contributed by atoms with Gasteiger partial charge in [-0.25, -0.2) is 4.79 Å². The summed E-state index contributed by atoms with van der Waals surface area (Å²) in [6.07, 6.45) is 0. The molecule has 0 aliphatic carbocycles. The summed E-state index contributed by atoms with van der Waals surface area (Å²) in [7, 11) is 6.21. The third-order valence-electron chi connectivity index (χ3n) is 2.45. The summed E-state index contributed by atoms with van der Waals surface area (Å²) in [4.78, 5) is 11.3. The van der Waals surface area contributed by atoms with Gasteiger partial charge < -0.3 is 4.74 Å². The van der Waals surface area contributed by atoms with E-state index in [0.717, 1.165) is 16.8 Å². The Balaban J connectivity index is 2.50. The van der Waals surface area contributed by atoms with E-state index in [-0.39, 0.29) is 5.97 Å². The van der Waals surface area contributed by atoms with Gasteiger partial charge in [0.2, 0.25) is 0 Å². The maximum absolute atomic E-state index is 11.3. The largest absolute Gasteiger partial charge is 0.457 e. The molecule has 14 heavy (non-hydrogen) atoms. The molecule has 0 radical (unpaired) electrons. The van der Waals surface area contributed by atoms with Crippen LogP contribution in [0, 0.1) is 0 Å². The zero-order chi connectivity index (χ0) is 10.3. The highest BCUT2D eigenvalue weighted by Crippen LogP contribution is 2.26. The molecule has 0 unspecified atom stereocenters. The highest BCUT2D eigenvalue weighted by molar-refractivity contribution is 5.94. The van der Waals surface area contributed by atoms with E-state index in [0.29, 0.717) is 11.1 Å². The minimum Gasteiger partial charge on any atom is -0.457 e. The zero-order valence-electron chi connectivity index (χ0n) is 8.70. The van der Waals surface area contributed by atoms with E-state index in [4.69, 9.17) is 4.74 Å². The Morgan fingerprint density at radius 1 is 1.29 bits per heavy atom. The van der Waals surface area contributed by atoms with Crippen molar-refractivity contribution in [1.82, 2.24) is 4.48 Å². The van der Waals surface area contributed by atoms with Crippen LogP contribution in [0.3, 0.4) is 0 Å².